The molecular formula is C23H26Cl2FN3O3. The van der Waals surface area contributed by atoms with Gasteiger partial charge in [-0.15, -0.1) is 0 Å². The summed E-state index contributed by atoms with van der Waals surface area (Å²) in [6.45, 7) is 5.68. The number of benzene rings is 2. The van der Waals surface area contributed by atoms with Crippen molar-refractivity contribution in [2.24, 2.45) is 5.92 Å². The van der Waals surface area contributed by atoms with Crippen LogP contribution in [0.4, 0.5) is 4.39 Å². The molecule has 0 aromatic heterocycles. The average molecular weight is 482 g/mol. The molecule has 0 saturated carbocycles. The first-order chi connectivity index (χ1) is 15.1. The Morgan fingerprint density at radius 1 is 1.06 bits per heavy atom. The van der Waals surface area contributed by atoms with E-state index in [2.05, 4.69) is 10.6 Å². The maximum absolute atomic E-state index is 13.1. The predicted octanol–water partition coefficient (Wildman–Crippen LogP) is 4.05. The molecule has 0 aliphatic carbocycles. The number of halogens is 3. The molecule has 172 valence electrons. The van der Waals surface area contributed by atoms with Crippen molar-refractivity contribution in [1.82, 2.24) is 15.5 Å². The van der Waals surface area contributed by atoms with E-state index >= 15 is 0 Å². The van der Waals surface area contributed by atoms with Crippen LogP contribution in [-0.4, -0.2) is 41.8 Å². The summed E-state index contributed by atoms with van der Waals surface area (Å²) in [7, 11) is 0. The molecule has 0 heterocycles. The molecule has 1 unspecified atom stereocenters. The molecule has 0 aliphatic heterocycles. The molecule has 9 heteroatoms. The van der Waals surface area contributed by atoms with Gasteiger partial charge in [0, 0.05) is 18.1 Å². The molecule has 1 atom stereocenters. The number of hydrogen-bond acceptors (Lipinski definition) is 3. The van der Waals surface area contributed by atoms with Gasteiger partial charge in [-0.1, -0.05) is 49.2 Å². The molecule has 6 nitrogen and oxygen atoms in total. The normalized spacial score (nSPS) is 11.7. The second-order valence-corrected chi connectivity index (χ2v) is 8.42. The van der Waals surface area contributed by atoms with Crippen molar-refractivity contribution in [3.8, 4) is 0 Å². The Labute approximate surface area is 197 Å². The fraction of sp³-hybridized carbons (Fsp3) is 0.348. The number of nitrogens with one attached hydrogen (secondary N) is 2. The van der Waals surface area contributed by atoms with Gasteiger partial charge in [0.05, 0.1) is 17.1 Å². The van der Waals surface area contributed by atoms with Crippen LogP contribution in [0, 0.1) is 11.7 Å². The van der Waals surface area contributed by atoms with E-state index in [0.29, 0.717) is 5.02 Å². The number of carbonyl (C=O) groups is 3. The number of amides is 3. The van der Waals surface area contributed by atoms with Crippen LogP contribution in [0.5, 0.6) is 0 Å². The highest BCUT2D eigenvalue weighted by Crippen LogP contribution is 2.21. The van der Waals surface area contributed by atoms with Gasteiger partial charge in [-0.05, 0) is 48.7 Å². The van der Waals surface area contributed by atoms with Crippen LogP contribution in [0.25, 0.3) is 0 Å². The zero-order valence-corrected chi connectivity index (χ0v) is 19.6. The fourth-order valence-corrected chi connectivity index (χ4v) is 3.47. The maximum atomic E-state index is 13.1. The van der Waals surface area contributed by atoms with Crippen LogP contribution in [0.3, 0.4) is 0 Å². The van der Waals surface area contributed by atoms with Crippen molar-refractivity contribution in [2.45, 2.75) is 33.4 Å². The fourth-order valence-electron chi connectivity index (χ4n) is 2.98. The number of carbonyl (C=O) groups excluding carboxylic acids is 3. The van der Waals surface area contributed by atoms with Crippen LogP contribution in [0.15, 0.2) is 42.5 Å². The summed E-state index contributed by atoms with van der Waals surface area (Å²) in [5.74, 6) is -1.83. The van der Waals surface area contributed by atoms with Gasteiger partial charge in [-0.2, -0.15) is 0 Å². The van der Waals surface area contributed by atoms with Crippen LogP contribution in [0.1, 0.15) is 36.7 Å². The van der Waals surface area contributed by atoms with Gasteiger partial charge < -0.3 is 15.5 Å². The SMILES string of the molecule is CCN(CC(=O)NCc1ccc(F)cc1)C(=O)C(NC(=O)c1ccc(Cl)cc1Cl)C(C)C. The van der Waals surface area contributed by atoms with Crippen LogP contribution < -0.4 is 10.6 Å². The lowest BCUT2D eigenvalue weighted by atomic mass is 10.0. The predicted molar refractivity (Wildman–Crippen MR) is 123 cm³/mol. The van der Waals surface area contributed by atoms with E-state index < -0.39 is 11.9 Å². The number of likely N-dealkylation sites (N-methyl/N-ethyl adjacent to an activating group) is 1. The summed E-state index contributed by atoms with van der Waals surface area (Å²) in [6, 6.07) is 9.40. The summed E-state index contributed by atoms with van der Waals surface area (Å²) in [4.78, 5) is 39.5. The summed E-state index contributed by atoms with van der Waals surface area (Å²) >= 11 is 12.0. The Kier molecular flexibility index (Phi) is 9.47. The van der Waals surface area contributed by atoms with Crippen molar-refractivity contribution in [2.75, 3.05) is 13.1 Å². The third kappa shape index (κ3) is 7.21. The topological polar surface area (TPSA) is 78.5 Å². The number of rotatable bonds is 9. The molecule has 3 amide bonds. The highest BCUT2D eigenvalue weighted by atomic mass is 35.5. The van der Waals surface area contributed by atoms with Crippen molar-refractivity contribution < 1.29 is 18.8 Å². The van der Waals surface area contributed by atoms with E-state index in [0.717, 1.165) is 5.56 Å². The van der Waals surface area contributed by atoms with Gasteiger partial charge in [0.1, 0.15) is 11.9 Å². The molecule has 2 aromatic carbocycles. The quantitative estimate of drug-likeness (QED) is 0.566. The molecule has 0 spiro atoms. The van der Waals surface area contributed by atoms with Crippen LogP contribution in [0.2, 0.25) is 10.0 Å². The zero-order chi connectivity index (χ0) is 23.8. The lowest BCUT2D eigenvalue weighted by molar-refractivity contribution is -0.138. The van der Waals surface area contributed by atoms with E-state index in [-0.39, 0.29) is 53.8 Å². The summed E-state index contributed by atoms with van der Waals surface area (Å²) in [5.41, 5.74) is 0.941. The van der Waals surface area contributed by atoms with Gasteiger partial charge >= 0.3 is 0 Å². The van der Waals surface area contributed by atoms with Gasteiger partial charge in [0.2, 0.25) is 11.8 Å². The Morgan fingerprint density at radius 3 is 2.28 bits per heavy atom. The van der Waals surface area contributed by atoms with Gasteiger partial charge in [0.25, 0.3) is 5.91 Å². The molecule has 2 N–H and O–H groups in total. The Morgan fingerprint density at radius 2 is 1.72 bits per heavy atom. The van der Waals surface area contributed by atoms with Crippen LogP contribution >= 0.6 is 23.2 Å². The Hall–Kier alpha value is -2.64. The second kappa shape index (κ2) is 11.8. The first kappa shape index (κ1) is 25.6. The van der Waals surface area contributed by atoms with Gasteiger partial charge in [-0.3, -0.25) is 14.4 Å². The third-order valence-corrected chi connectivity index (χ3v) is 5.37. The van der Waals surface area contributed by atoms with Gasteiger partial charge in [0.15, 0.2) is 0 Å². The highest BCUT2D eigenvalue weighted by molar-refractivity contribution is 6.36. The summed E-state index contributed by atoms with van der Waals surface area (Å²) < 4.78 is 13.0. The average Bonchev–Trinajstić information content (AvgIpc) is 2.74. The minimum absolute atomic E-state index is 0.169. The van der Waals surface area contributed by atoms with E-state index in [9.17, 15) is 18.8 Å². The molecule has 2 rings (SSSR count). The van der Waals surface area contributed by atoms with Crippen LogP contribution in [-0.2, 0) is 16.1 Å². The standard InChI is InChI=1S/C23H26Cl2FN3O3/c1-4-29(13-20(30)27-12-15-5-8-17(26)9-6-15)23(32)21(14(2)3)28-22(31)18-10-7-16(24)11-19(18)25/h5-11,14,21H,4,12-13H2,1-3H3,(H,27,30)(H,28,31). The Bertz CT molecular complexity index is 967. The monoisotopic (exact) mass is 481 g/mol. The van der Waals surface area contributed by atoms with Crippen molar-refractivity contribution in [3.05, 3.63) is 69.5 Å². The smallest absolute Gasteiger partial charge is 0.253 e. The lowest BCUT2D eigenvalue weighted by Crippen LogP contribution is -2.53. The van der Waals surface area contributed by atoms with Crippen molar-refractivity contribution in [1.29, 1.82) is 0 Å². The maximum Gasteiger partial charge on any atom is 0.253 e. The van der Waals surface area contributed by atoms with E-state index in [4.69, 9.17) is 23.2 Å². The van der Waals surface area contributed by atoms with E-state index in [1.165, 1.54) is 29.2 Å². The van der Waals surface area contributed by atoms with E-state index in [1.54, 1.807) is 39.0 Å². The zero-order valence-electron chi connectivity index (χ0n) is 18.1. The molecule has 0 aliphatic rings. The summed E-state index contributed by atoms with van der Waals surface area (Å²) in [6.07, 6.45) is 0. The highest BCUT2D eigenvalue weighted by Gasteiger charge is 2.29. The third-order valence-electron chi connectivity index (χ3n) is 4.83. The minimum Gasteiger partial charge on any atom is -0.350 e. The second-order valence-electron chi connectivity index (χ2n) is 7.57. The lowest BCUT2D eigenvalue weighted by Gasteiger charge is -2.28. The van der Waals surface area contributed by atoms with Gasteiger partial charge in [-0.25, -0.2) is 4.39 Å². The largest absolute Gasteiger partial charge is 0.350 e. The van der Waals surface area contributed by atoms with Crippen molar-refractivity contribution in [3.63, 3.8) is 0 Å². The Balaban J connectivity index is 2.03. The minimum atomic E-state index is -0.848. The molecular weight excluding hydrogens is 456 g/mol. The molecule has 32 heavy (non-hydrogen) atoms. The molecule has 0 radical (unpaired) electrons. The first-order valence-corrected chi connectivity index (χ1v) is 10.9. The number of hydrogen-bond donors (Lipinski definition) is 2. The van der Waals surface area contributed by atoms with Crippen molar-refractivity contribution >= 4 is 40.9 Å². The molecule has 0 bridgehead atoms. The number of nitrogens with zero attached hydrogens (tertiary/aromatic N) is 1. The first-order valence-electron chi connectivity index (χ1n) is 10.2. The molecule has 2 aromatic rings. The molecule has 0 fully saturated rings. The summed E-state index contributed by atoms with van der Waals surface area (Å²) in [5, 5.41) is 6.01. The van der Waals surface area contributed by atoms with E-state index in [1.807, 2.05) is 0 Å². The molecule has 0 saturated heterocycles.